The van der Waals surface area contributed by atoms with Gasteiger partial charge in [0.1, 0.15) is 5.82 Å². The van der Waals surface area contributed by atoms with Crippen LogP contribution in [-0.4, -0.2) is 23.9 Å². The third kappa shape index (κ3) is 4.37. The molecule has 0 radical (unpaired) electrons. The molecule has 0 aliphatic carbocycles. The van der Waals surface area contributed by atoms with E-state index in [4.69, 9.17) is 0 Å². The van der Waals surface area contributed by atoms with Gasteiger partial charge in [0.2, 0.25) is 5.91 Å². The van der Waals surface area contributed by atoms with Gasteiger partial charge >= 0.3 is 0 Å². The van der Waals surface area contributed by atoms with Crippen LogP contribution in [0.15, 0.2) is 41.1 Å². The van der Waals surface area contributed by atoms with Crippen molar-refractivity contribution in [3.63, 3.8) is 0 Å². The van der Waals surface area contributed by atoms with Gasteiger partial charge < -0.3 is 5.32 Å². The molecule has 1 aromatic carbocycles. The predicted molar refractivity (Wildman–Crippen MR) is 84.9 cm³/mol. The van der Waals surface area contributed by atoms with Gasteiger partial charge in [-0.3, -0.25) is 9.69 Å². The topological polar surface area (TPSA) is 32.3 Å². The van der Waals surface area contributed by atoms with Crippen LogP contribution in [0.2, 0.25) is 0 Å². The summed E-state index contributed by atoms with van der Waals surface area (Å²) < 4.78 is 12.9. The fourth-order valence-electron chi connectivity index (χ4n) is 2.24. The van der Waals surface area contributed by atoms with Crippen molar-refractivity contribution >= 4 is 22.9 Å². The van der Waals surface area contributed by atoms with Gasteiger partial charge in [-0.25, -0.2) is 4.39 Å². The molecular weight excluding hydrogens is 287 g/mol. The quantitative estimate of drug-likeness (QED) is 0.882. The molecule has 0 aliphatic heterocycles. The standard InChI is InChI=1S/C16H19FN2OS/c1-3-15(19(2)10-12-8-9-21-11-12)16(20)18-14-6-4-13(17)5-7-14/h4-9,11,15H,3,10H2,1-2H3,(H,18,20)/t15-/m0/s1. The molecule has 1 atom stereocenters. The number of likely N-dealkylation sites (N-methyl/N-ethyl adjacent to an activating group) is 1. The third-order valence-electron chi connectivity index (χ3n) is 3.35. The minimum Gasteiger partial charge on any atom is -0.325 e. The first-order valence-corrected chi connectivity index (χ1v) is 7.82. The van der Waals surface area contributed by atoms with E-state index in [1.165, 1.54) is 17.7 Å². The second-order valence-corrected chi connectivity index (χ2v) is 5.75. The number of hydrogen-bond donors (Lipinski definition) is 1. The minimum absolute atomic E-state index is 0.0677. The molecule has 2 aromatic rings. The molecule has 0 spiro atoms. The summed E-state index contributed by atoms with van der Waals surface area (Å²) in [4.78, 5) is 14.4. The van der Waals surface area contributed by atoms with Crippen molar-refractivity contribution in [2.75, 3.05) is 12.4 Å². The van der Waals surface area contributed by atoms with Crippen molar-refractivity contribution in [2.45, 2.75) is 25.9 Å². The number of anilines is 1. The van der Waals surface area contributed by atoms with Crippen molar-refractivity contribution in [1.29, 1.82) is 0 Å². The number of halogens is 1. The first-order chi connectivity index (χ1) is 10.1. The van der Waals surface area contributed by atoms with Crippen LogP contribution in [0.3, 0.4) is 0 Å². The zero-order valence-corrected chi connectivity index (χ0v) is 13.0. The van der Waals surface area contributed by atoms with E-state index in [0.717, 1.165) is 6.54 Å². The van der Waals surface area contributed by atoms with Crippen LogP contribution >= 0.6 is 11.3 Å². The number of carbonyl (C=O) groups is 1. The summed E-state index contributed by atoms with van der Waals surface area (Å²) in [5.74, 6) is -0.378. The zero-order chi connectivity index (χ0) is 15.2. The number of nitrogens with zero attached hydrogens (tertiary/aromatic N) is 1. The number of benzene rings is 1. The number of hydrogen-bond acceptors (Lipinski definition) is 3. The Kier molecular flexibility index (Phi) is 5.47. The van der Waals surface area contributed by atoms with E-state index < -0.39 is 0 Å². The Balaban J connectivity index is 1.98. The molecule has 2 rings (SSSR count). The average Bonchev–Trinajstić information content (AvgIpc) is 2.95. The van der Waals surface area contributed by atoms with E-state index in [0.29, 0.717) is 12.1 Å². The highest BCUT2D eigenvalue weighted by Crippen LogP contribution is 2.14. The van der Waals surface area contributed by atoms with Crippen LogP contribution in [0.5, 0.6) is 0 Å². The Morgan fingerprint density at radius 2 is 2.05 bits per heavy atom. The maximum atomic E-state index is 12.9. The van der Waals surface area contributed by atoms with Gasteiger partial charge in [0.25, 0.3) is 0 Å². The molecule has 0 unspecified atom stereocenters. The van der Waals surface area contributed by atoms with Gasteiger partial charge in [-0.15, -0.1) is 0 Å². The van der Waals surface area contributed by atoms with Crippen molar-refractivity contribution in [1.82, 2.24) is 4.90 Å². The van der Waals surface area contributed by atoms with Crippen LogP contribution < -0.4 is 5.32 Å². The smallest absolute Gasteiger partial charge is 0.241 e. The minimum atomic E-state index is -0.311. The van der Waals surface area contributed by atoms with Crippen molar-refractivity contribution in [3.8, 4) is 0 Å². The number of amides is 1. The van der Waals surface area contributed by atoms with Crippen molar-refractivity contribution in [2.24, 2.45) is 0 Å². The highest BCUT2D eigenvalue weighted by atomic mass is 32.1. The molecular formula is C16H19FN2OS. The predicted octanol–water partition coefficient (Wildman–Crippen LogP) is 3.74. The lowest BCUT2D eigenvalue weighted by molar-refractivity contribution is -0.121. The summed E-state index contributed by atoms with van der Waals surface area (Å²) >= 11 is 1.65. The zero-order valence-electron chi connectivity index (χ0n) is 12.2. The van der Waals surface area contributed by atoms with Crippen LogP contribution in [-0.2, 0) is 11.3 Å². The van der Waals surface area contributed by atoms with Crippen molar-refractivity contribution in [3.05, 3.63) is 52.5 Å². The van der Waals surface area contributed by atoms with Crippen LogP contribution in [0.4, 0.5) is 10.1 Å². The molecule has 1 aromatic heterocycles. The second kappa shape index (κ2) is 7.33. The maximum absolute atomic E-state index is 12.9. The Hall–Kier alpha value is -1.72. The summed E-state index contributed by atoms with van der Waals surface area (Å²) in [6.07, 6.45) is 0.716. The van der Waals surface area contributed by atoms with E-state index >= 15 is 0 Å². The molecule has 1 amide bonds. The molecule has 0 saturated carbocycles. The van der Waals surface area contributed by atoms with Crippen LogP contribution in [0.25, 0.3) is 0 Å². The molecule has 21 heavy (non-hydrogen) atoms. The Labute approximate surface area is 128 Å². The molecule has 0 fully saturated rings. The second-order valence-electron chi connectivity index (χ2n) is 4.97. The van der Waals surface area contributed by atoms with Gasteiger partial charge in [-0.1, -0.05) is 6.92 Å². The summed E-state index contributed by atoms with van der Waals surface area (Å²) in [5.41, 5.74) is 1.82. The average molecular weight is 306 g/mol. The summed E-state index contributed by atoms with van der Waals surface area (Å²) in [5, 5.41) is 6.95. The highest BCUT2D eigenvalue weighted by Gasteiger charge is 2.21. The third-order valence-corrected chi connectivity index (χ3v) is 4.08. The van der Waals surface area contributed by atoms with Gasteiger partial charge in [-0.2, -0.15) is 11.3 Å². The van der Waals surface area contributed by atoms with Gasteiger partial charge in [0.05, 0.1) is 6.04 Å². The number of nitrogens with one attached hydrogen (secondary N) is 1. The van der Waals surface area contributed by atoms with Gasteiger partial charge in [0, 0.05) is 12.2 Å². The van der Waals surface area contributed by atoms with E-state index in [1.807, 2.05) is 24.3 Å². The maximum Gasteiger partial charge on any atom is 0.241 e. The largest absolute Gasteiger partial charge is 0.325 e. The molecule has 112 valence electrons. The number of thiophene rings is 1. The SMILES string of the molecule is CC[C@@H](C(=O)Nc1ccc(F)cc1)N(C)Cc1ccsc1. The lowest BCUT2D eigenvalue weighted by atomic mass is 10.1. The fourth-order valence-corrected chi connectivity index (χ4v) is 2.90. The lowest BCUT2D eigenvalue weighted by Crippen LogP contribution is -2.41. The van der Waals surface area contributed by atoms with E-state index in [-0.39, 0.29) is 17.8 Å². The Morgan fingerprint density at radius 1 is 1.33 bits per heavy atom. The molecule has 1 heterocycles. The molecule has 0 bridgehead atoms. The summed E-state index contributed by atoms with van der Waals surface area (Å²) in [6, 6.07) is 7.66. The van der Waals surface area contributed by atoms with Crippen molar-refractivity contribution < 1.29 is 9.18 Å². The summed E-state index contributed by atoms with van der Waals surface area (Å²) in [6.45, 7) is 2.72. The molecule has 3 nitrogen and oxygen atoms in total. The van der Waals surface area contributed by atoms with Crippen LogP contribution in [0, 0.1) is 5.82 Å². The number of rotatable bonds is 6. The lowest BCUT2D eigenvalue weighted by Gasteiger charge is -2.25. The van der Waals surface area contributed by atoms with Crippen LogP contribution in [0.1, 0.15) is 18.9 Å². The number of carbonyl (C=O) groups excluding carboxylic acids is 1. The van der Waals surface area contributed by atoms with E-state index in [1.54, 1.807) is 23.5 Å². The van der Waals surface area contributed by atoms with E-state index in [9.17, 15) is 9.18 Å². The molecule has 5 heteroatoms. The molecule has 0 saturated heterocycles. The summed E-state index contributed by atoms with van der Waals surface area (Å²) in [7, 11) is 1.94. The Morgan fingerprint density at radius 3 is 2.62 bits per heavy atom. The van der Waals surface area contributed by atoms with Gasteiger partial charge in [-0.05, 0) is 60.1 Å². The van der Waals surface area contributed by atoms with E-state index in [2.05, 4.69) is 16.8 Å². The normalized spacial score (nSPS) is 12.4. The monoisotopic (exact) mass is 306 g/mol. The van der Waals surface area contributed by atoms with Gasteiger partial charge in [0.15, 0.2) is 0 Å². The first-order valence-electron chi connectivity index (χ1n) is 6.88. The first kappa shape index (κ1) is 15.7. The fraction of sp³-hybridized carbons (Fsp3) is 0.312. The highest BCUT2D eigenvalue weighted by molar-refractivity contribution is 7.07. The molecule has 0 aliphatic rings. The Bertz CT molecular complexity index is 568. The molecule has 1 N–H and O–H groups in total.